The molecule has 2 saturated heterocycles. The van der Waals surface area contributed by atoms with Crippen LogP contribution in [0.15, 0.2) is 0 Å². The van der Waals surface area contributed by atoms with E-state index >= 15 is 0 Å². The highest BCUT2D eigenvalue weighted by molar-refractivity contribution is 5.85. The van der Waals surface area contributed by atoms with E-state index in [0.717, 1.165) is 12.8 Å². The summed E-state index contributed by atoms with van der Waals surface area (Å²) in [4.78, 5) is 41.1. The fraction of sp³-hybridized carbons (Fsp3) is 0.824. The Balaban J connectivity index is 1.86. The number of aliphatic hydroxyl groups excluding tert-OH is 1. The van der Waals surface area contributed by atoms with Crippen LogP contribution in [0.3, 0.4) is 0 Å². The number of piperidine rings is 1. The van der Waals surface area contributed by atoms with E-state index < -0.39 is 6.10 Å². The molecule has 0 aromatic carbocycles. The van der Waals surface area contributed by atoms with Gasteiger partial charge in [0, 0.05) is 53.2 Å². The van der Waals surface area contributed by atoms with Crippen molar-refractivity contribution in [1.82, 2.24) is 14.7 Å². The normalized spacial score (nSPS) is 22.9. The molecule has 142 valence electrons. The minimum absolute atomic E-state index is 0.00585. The van der Waals surface area contributed by atoms with Crippen molar-refractivity contribution in [3.05, 3.63) is 0 Å². The summed E-state index contributed by atoms with van der Waals surface area (Å²) >= 11 is 0. The summed E-state index contributed by atoms with van der Waals surface area (Å²) in [5.74, 6) is 0.0426. The van der Waals surface area contributed by atoms with Crippen molar-refractivity contribution in [3.8, 4) is 0 Å². The van der Waals surface area contributed by atoms with Gasteiger partial charge in [0.2, 0.25) is 17.7 Å². The second kappa shape index (κ2) is 9.15. The third-order valence-corrected chi connectivity index (χ3v) is 4.98. The molecule has 2 rings (SSSR count). The monoisotopic (exact) mass is 355 g/mol. The fourth-order valence-corrected chi connectivity index (χ4v) is 3.43. The van der Waals surface area contributed by atoms with Crippen molar-refractivity contribution in [3.63, 3.8) is 0 Å². The maximum absolute atomic E-state index is 12.6. The zero-order valence-corrected chi connectivity index (χ0v) is 15.1. The minimum Gasteiger partial charge on any atom is -0.389 e. The van der Waals surface area contributed by atoms with Gasteiger partial charge < -0.3 is 24.5 Å². The van der Waals surface area contributed by atoms with Crippen LogP contribution in [-0.4, -0.2) is 96.6 Å². The zero-order chi connectivity index (χ0) is 18.4. The summed E-state index contributed by atoms with van der Waals surface area (Å²) in [6, 6.07) is 0. The van der Waals surface area contributed by atoms with E-state index in [-0.39, 0.29) is 43.3 Å². The summed E-state index contributed by atoms with van der Waals surface area (Å²) in [7, 11) is 1.56. The summed E-state index contributed by atoms with van der Waals surface area (Å²) in [6.07, 6.45) is 1.22. The molecule has 3 amide bonds. The van der Waals surface area contributed by atoms with Gasteiger partial charge in [-0.3, -0.25) is 14.4 Å². The first-order valence-electron chi connectivity index (χ1n) is 8.88. The van der Waals surface area contributed by atoms with E-state index in [0.29, 0.717) is 32.7 Å². The molecule has 1 atom stereocenters. The van der Waals surface area contributed by atoms with Crippen LogP contribution >= 0.6 is 0 Å². The van der Waals surface area contributed by atoms with Crippen LogP contribution < -0.4 is 0 Å². The molecule has 0 bridgehead atoms. The topological polar surface area (TPSA) is 90.4 Å². The third kappa shape index (κ3) is 5.67. The van der Waals surface area contributed by atoms with Gasteiger partial charge in [-0.25, -0.2) is 0 Å². The molecule has 8 nitrogen and oxygen atoms in total. The number of ether oxygens (including phenoxy) is 1. The molecule has 1 N–H and O–H groups in total. The molecule has 2 aliphatic heterocycles. The minimum atomic E-state index is -0.744. The van der Waals surface area contributed by atoms with Crippen molar-refractivity contribution in [2.75, 3.05) is 53.0 Å². The molecule has 25 heavy (non-hydrogen) atoms. The Morgan fingerprint density at radius 3 is 2.48 bits per heavy atom. The van der Waals surface area contributed by atoms with Crippen LogP contribution in [-0.2, 0) is 19.1 Å². The number of carbonyl (C=O) groups excluding carboxylic acids is 3. The number of likely N-dealkylation sites (tertiary alicyclic amines) is 1. The molecule has 1 unspecified atom stereocenters. The number of rotatable bonds is 5. The van der Waals surface area contributed by atoms with Crippen LogP contribution in [0.1, 0.15) is 26.2 Å². The zero-order valence-electron chi connectivity index (χ0n) is 15.1. The number of nitrogens with zero attached hydrogens (tertiary/aromatic N) is 3. The molecular formula is C17H29N3O5. The standard InChI is InChI=1S/C17H29N3O5/c1-13(21)18-5-3-14(4-6-18)9-16(23)20-11-15(22)10-19(7-8-25-2)17(24)12-20/h14-15,22H,3-12H2,1-2H3. The van der Waals surface area contributed by atoms with Crippen molar-refractivity contribution < 1.29 is 24.2 Å². The molecule has 2 fully saturated rings. The number of β-amino-alcohol motifs (C(OH)–C–C–N with tert-alkyl or cyclic N) is 1. The predicted octanol–water partition coefficient (Wildman–Crippen LogP) is -0.687. The maximum Gasteiger partial charge on any atom is 0.242 e. The lowest BCUT2D eigenvalue weighted by Gasteiger charge is -2.32. The second-order valence-electron chi connectivity index (χ2n) is 6.91. The van der Waals surface area contributed by atoms with E-state index in [9.17, 15) is 19.5 Å². The SMILES string of the molecule is COCCN1CC(O)CN(C(=O)CC2CCN(C(C)=O)CC2)CC1=O. The Morgan fingerprint density at radius 2 is 1.88 bits per heavy atom. The number of hydrogen-bond donors (Lipinski definition) is 1. The summed E-state index contributed by atoms with van der Waals surface area (Å²) in [5, 5.41) is 10.1. The Hall–Kier alpha value is -1.67. The maximum atomic E-state index is 12.6. The molecule has 8 heteroatoms. The van der Waals surface area contributed by atoms with Crippen LogP contribution in [0.4, 0.5) is 0 Å². The summed E-state index contributed by atoms with van der Waals surface area (Å²) in [6.45, 7) is 4.15. The molecule has 2 aliphatic rings. The predicted molar refractivity (Wildman–Crippen MR) is 90.6 cm³/mol. The lowest BCUT2D eigenvalue weighted by molar-refractivity contribution is -0.140. The van der Waals surface area contributed by atoms with E-state index in [1.807, 2.05) is 0 Å². The van der Waals surface area contributed by atoms with Crippen molar-refractivity contribution >= 4 is 17.7 Å². The first-order valence-corrected chi connectivity index (χ1v) is 8.88. The smallest absolute Gasteiger partial charge is 0.242 e. The molecule has 0 saturated carbocycles. The Morgan fingerprint density at radius 1 is 1.20 bits per heavy atom. The molecule has 0 aromatic rings. The van der Waals surface area contributed by atoms with Gasteiger partial charge in [0.15, 0.2) is 0 Å². The van der Waals surface area contributed by atoms with Crippen molar-refractivity contribution in [2.45, 2.75) is 32.3 Å². The first kappa shape index (κ1) is 19.7. The lowest BCUT2D eigenvalue weighted by atomic mass is 9.93. The van der Waals surface area contributed by atoms with Crippen LogP contribution in [0.2, 0.25) is 0 Å². The number of aliphatic hydroxyl groups is 1. The number of methoxy groups -OCH3 is 1. The van der Waals surface area contributed by atoms with Gasteiger partial charge >= 0.3 is 0 Å². The Kier molecular flexibility index (Phi) is 7.19. The van der Waals surface area contributed by atoms with Crippen LogP contribution in [0, 0.1) is 5.92 Å². The Labute approximate surface area is 148 Å². The van der Waals surface area contributed by atoms with Gasteiger partial charge in [-0.15, -0.1) is 0 Å². The highest BCUT2D eigenvalue weighted by Crippen LogP contribution is 2.22. The van der Waals surface area contributed by atoms with E-state index in [4.69, 9.17) is 4.74 Å². The average Bonchev–Trinajstić information content (AvgIpc) is 2.72. The largest absolute Gasteiger partial charge is 0.389 e. The van der Waals surface area contributed by atoms with Gasteiger partial charge in [0.25, 0.3) is 0 Å². The second-order valence-corrected chi connectivity index (χ2v) is 6.91. The number of carbonyl (C=O) groups is 3. The van der Waals surface area contributed by atoms with Crippen molar-refractivity contribution in [2.24, 2.45) is 5.92 Å². The fourth-order valence-electron chi connectivity index (χ4n) is 3.43. The van der Waals surface area contributed by atoms with Gasteiger partial charge in [-0.1, -0.05) is 0 Å². The van der Waals surface area contributed by atoms with Crippen LogP contribution in [0.25, 0.3) is 0 Å². The van der Waals surface area contributed by atoms with E-state index in [1.54, 1.807) is 23.8 Å². The highest BCUT2D eigenvalue weighted by atomic mass is 16.5. The molecule has 0 aliphatic carbocycles. The van der Waals surface area contributed by atoms with Gasteiger partial charge in [0.1, 0.15) is 0 Å². The van der Waals surface area contributed by atoms with Crippen LogP contribution in [0.5, 0.6) is 0 Å². The lowest BCUT2D eigenvalue weighted by Crippen LogP contribution is -2.42. The van der Waals surface area contributed by atoms with Gasteiger partial charge in [-0.05, 0) is 18.8 Å². The van der Waals surface area contributed by atoms with Gasteiger partial charge in [-0.2, -0.15) is 0 Å². The highest BCUT2D eigenvalue weighted by Gasteiger charge is 2.31. The first-order chi connectivity index (χ1) is 11.9. The van der Waals surface area contributed by atoms with E-state index in [1.165, 1.54) is 4.90 Å². The Bertz CT molecular complexity index is 491. The number of amides is 3. The molecule has 0 aromatic heterocycles. The molecular weight excluding hydrogens is 326 g/mol. The van der Waals surface area contributed by atoms with Gasteiger partial charge in [0.05, 0.1) is 19.3 Å². The summed E-state index contributed by atoms with van der Waals surface area (Å²) < 4.78 is 4.99. The quantitative estimate of drug-likeness (QED) is 0.705. The van der Waals surface area contributed by atoms with E-state index in [2.05, 4.69) is 0 Å². The molecule has 2 heterocycles. The molecule has 0 spiro atoms. The van der Waals surface area contributed by atoms with Crippen molar-refractivity contribution in [1.29, 1.82) is 0 Å². The molecule has 0 radical (unpaired) electrons. The summed E-state index contributed by atoms with van der Waals surface area (Å²) in [5.41, 5.74) is 0. The number of hydrogen-bond acceptors (Lipinski definition) is 5. The average molecular weight is 355 g/mol. The third-order valence-electron chi connectivity index (χ3n) is 4.98.